The Morgan fingerprint density at radius 2 is 1.72 bits per heavy atom. The van der Waals surface area contributed by atoms with Gasteiger partial charge in [-0.15, -0.1) is 0 Å². The number of amides is 2. The van der Waals surface area contributed by atoms with Crippen molar-refractivity contribution < 1.29 is 28.6 Å². The number of hydrogen-bond acceptors (Lipinski definition) is 6. The standard InChI is InChI=1S/C21H24N2O6/c1-13-6-5-7-17(14(13)2)23-19(24)11-22-20(25)12-29-21(26)16-9-8-15(27-3)10-18(16)28-4/h5-10H,11-12H2,1-4H3,(H,22,25)(H,23,24). The van der Waals surface area contributed by atoms with E-state index >= 15 is 0 Å². The highest BCUT2D eigenvalue weighted by Gasteiger charge is 2.16. The van der Waals surface area contributed by atoms with Crippen LogP contribution < -0.4 is 20.1 Å². The minimum atomic E-state index is -0.723. The van der Waals surface area contributed by atoms with Crippen LogP contribution in [0.2, 0.25) is 0 Å². The number of aryl methyl sites for hydroxylation is 1. The van der Waals surface area contributed by atoms with Gasteiger partial charge in [0, 0.05) is 11.8 Å². The first-order chi connectivity index (χ1) is 13.8. The van der Waals surface area contributed by atoms with Gasteiger partial charge in [0.05, 0.1) is 20.8 Å². The van der Waals surface area contributed by atoms with Gasteiger partial charge in [-0.3, -0.25) is 9.59 Å². The number of hydrogen-bond donors (Lipinski definition) is 2. The lowest BCUT2D eigenvalue weighted by molar-refractivity contribution is -0.126. The monoisotopic (exact) mass is 400 g/mol. The van der Waals surface area contributed by atoms with E-state index in [0.717, 1.165) is 11.1 Å². The van der Waals surface area contributed by atoms with Gasteiger partial charge < -0.3 is 24.8 Å². The number of ether oxygens (including phenoxy) is 3. The van der Waals surface area contributed by atoms with Gasteiger partial charge in [-0.25, -0.2) is 4.79 Å². The van der Waals surface area contributed by atoms with Crippen LogP contribution in [0.25, 0.3) is 0 Å². The lowest BCUT2D eigenvalue weighted by Gasteiger charge is -2.12. The fraction of sp³-hybridized carbons (Fsp3) is 0.286. The molecule has 2 aromatic carbocycles. The molecule has 29 heavy (non-hydrogen) atoms. The second kappa shape index (κ2) is 10.1. The minimum Gasteiger partial charge on any atom is -0.497 e. The molecule has 0 saturated carbocycles. The normalized spacial score (nSPS) is 10.1. The number of benzene rings is 2. The maximum absolute atomic E-state index is 12.2. The van der Waals surface area contributed by atoms with E-state index in [1.165, 1.54) is 26.4 Å². The number of nitrogens with one attached hydrogen (secondary N) is 2. The van der Waals surface area contributed by atoms with Gasteiger partial charge in [-0.1, -0.05) is 12.1 Å². The Morgan fingerprint density at radius 3 is 2.41 bits per heavy atom. The fourth-order valence-electron chi connectivity index (χ4n) is 2.49. The predicted octanol–water partition coefficient (Wildman–Crippen LogP) is 2.23. The minimum absolute atomic E-state index is 0.161. The Labute approximate surface area is 169 Å². The number of carbonyl (C=O) groups is 3. The van der Waals surface area contributed by atoms with E-state index in [2.05, 4.69) is 10.6 Å². The molecule has 2 N–H and O–H groups in total. The Morgan fingerprint density at radius 1 is 0.966 bits per heavy atom. The largest absolute Gasteiger partial charge is 0.497 e. The molecule has 0 unspecified atom stereocenters. The zero-order valence-corrected chi connectivity index (χ0v) is 16.8. The topological polar surface area (TPSA) is 103 Å². The van der Waals surface area contributed by atoms with Crippen LogP contribution in [0.4, 0.5) is 5.69 Å². The van der Waals surface area contributed by atoms with Crippen molar-refractivity contribution in [3.8, 4) is 11.5 Å². The molecule has 8 nitrogen and oxygen atoms in total. The van der Waals surface area contributed by atoms with Crippen molar-refractivity contribution in [1.29, 1.82) is 0 Å². The molecule has 2 rings (SSSR count). The molecule has 8 heteroatoms. The maximum Gasteiger partial charge on any atom is 0.342 e. The van der Waals surface area contributed by atoms with Crippen molar-refractivity contribution in [3.05, 3.63) is 53.1 Å². The molecular weight excluding hydrogens is 376 g/mol. The Kier molecular flexibility index (Phi) is 7.59. The summed E-state index contributed by atoms with van der Waals surface area (Å²) in [6, 6.07) is 10.2. The van der Waals surface area contributed by atoms with Crippen LogP contribution in [0, 0.1) is 13.8 Å². The van der Waals surface area contributed by atoms with E-state index in [9.17, 15) is 14.4 Å². The number of carbonyl (C=O) groups excluding carboxylic acids is 3. The number of esters is 1. The Hall–Kier alpha value is -3.55. The summed E-state index contributed by atoms with van der Waals surface area (Å²) in [5.41, 5.74) is 2.85. The highest BCUT2D eigenvalue weighted by Crippen LogP contribution is 2.25. The van der Waals surface area contributed by atoms with Crippen LogP contribution in [-0.4, -0.2) is 45.2 Å². The number of rotatable bonds is 8. The third-order valence-electron chi connectivity index (χ3n) is 4.29. The second-order valence-electron chi connectivity index (χ2n) is 6.21. The van der Waals surface area contributed by atoms with E-state index in [-0.39, 0.29) is 23.8 Å². The van der Waals surface area contributed by atoms with Gasteiger partial charge in [0.25, 0.3) is 5.91 Å². The maximum atomic E-state index is 12.2. The van der Waals surface area contributed by atoms with Gasteiger partial charge >= 0.3 is 5.97 Å². The predicted molar refractivity (Wildman–Crippen MR) is 107 cm³/mol. The van der Waals surface area contributed by atoms with E-state index < -0.39 is 18.5 Å². The molecule has 154 valence electrons. The lowest BCUT2D eigenvalue weighted by Crippen LogP contribution is -2.35. The highest BCUT2D eigenvalue weighted by atomic mass is 16.5. The van der Waals surface area contributed by atoms with Crippen molar-refractivity contribution in [3.63, 3.8) is 0 Å². The third-order valence-corrected chi connectivity index (χ3v) is 4.29. The molecule has 0 saturated heterocycles. The second-order valence-corrected chi connectivity index (χ2v) is 6.21. The molecule has 0 aliphatic heterocycles. The van der Waals surface area contributed by atoms with Gasteiger partial charge in [0.2, 0.25) is 5.91 Å². The van der Waals surface area contributed by atoms with Crippen molar-refractivity contribution in [2.24, 2.45) is 0 Å². The van der Waals surface area contributed by atoms with Crippen LogP contribution >= 0.6 is 0 Å². The summed E-state index contributed by atoms with van der Waals surface area (Å²) >= 11 is 0. The molecule has 0 aliphatic carbocycles. The quantitative estimate of drug-likeness (QED) is 0.659. The summed E-state index contributed by atoms with van der Waals surface area (Å²) in [5.74, 6) is -0.912. The van der Waals surface area contributed by atoms with Gasteiger partial charge in [0.1, 0.15) is 17.1 Å². The summed E-state index contributed by atoms with van der Waals surface area (Å²) in [4.78, 5) is 36.1. The molecule has 0 aromatic heterocycles. The molecule has 2 amide bonds. The first-order valence-corrected chi connectivity index (χ1v) is 8.87. The molecule has 0 spiro atoms. The van der Waals surface area contributed by atoms with Crippen molar-refractivity contribution in [2.75, 3.05) is 32.7 Å². The average Bonchev–Trinajstić information content (AvgIpc) is 2.73. The summed E-state index contributed by atoms with van der Waals surface area (Å²) in [6.07, 6.45) is 0. The zero-order valence-electron chi connectivity index (χ0n) is 16.8. The zero-order chi connectivity index (χ0) is 21.4. The molecule has 0 heterocycles. The van der Waals surface area contributed by atoms with Crippen LogP contribution in [0.5, 0.6) is 11.5 Å². The summed E-state index contributed by atoms with van der Waals surface area (Å²) < 4.78 is 15.2. The average molecular weight is 400 g/mol. The van der Waals surface area contributed by atoms with E-state index in [4.69, 9.17) is 14.2 Å². The van der Waals surface area contributed by atoms with E-state index in [0.29, 0.717) is 11.4 Å². The first-order valence-electron chi connectivity index (χ1n) is 8.87. The lowest BCUT2D eigenvalue weighted by atomic mass is 10.1. The van der Waals surface area contributed by atoms with Gasteiger partial charge in [-0.05, 0) is 43.2 Å². The molecule has 0 radical (unpaired) electrons. The Balaban J connectivity index is 1.83. The van der Waals surface area contributed by atoms with E-state index in [1.807, 2.05) is 26.0 Å². The van der Waals surface area contributed by atoms with Crippen molar-refractivity contribution >= 4 is 23.5 Å². The highest BCUT2D eigenvalue weighted by molar-refractivity contribution is 5.96. The smallest absolute Gasteiger partial charge is 0.342 e. The molecule has 0 aliphatic rings. The van der Waals surface area contributed by atoms with Gasteiger partial charge in [0.15, 0.2) is 6.61 Å². The first kappa shape index (κ1) is 21.7. The summed E-state index contributed by atoms with van der Waals surface area (Å²) in [7, 11) is 2.90. The summed E-state index contributed by atoms with van der Waals surface area (Å²) in [5, 5.41) is 5.14. The SMILES string of the molecule is COc1ccc(C(=O)OCC(=O)NCC(=O)Nc2cccc(C)c2C)c(OC)c1. The van der Waals surface area contributed by atoms with Gasteiger partial charge in [-0.2, -0.15) is 0 Å². The Bertz CT molecular complexity index is 910. The van der Waals surface area contributed by atoms with Crippen molar-refractivity contribution in [2.45, 2.75) is 13.8 Å². The molecule has 0 atom stereocenters. The molecule has 0 fully saturated rings. The third kappa shape index (κ3) is 5.97. The molecule has 2 aromatic rings. The van der Waals surface area contributed by atoms with E-state index in [1.54, 1.807) is 12.1 Å². The summed E-state index contributed by atoms with van der Waals surface area (Å²) in [6.45, 7) is 3.08. The van der Waals surface area contributed by atoms with Crippen molar-refractivity contribution in [1.82, 2.24) is 5.32 Å². The number of anilines is 1. The van der Waals surface area contributed by atoms with Crippen LogP contribution in [0.15, 0.2) is 36.4 Å². The molecule has 0 bridgehead atoms. The van der Waals surface area contributed by atoms with Crippen LogP contribution in [0.3, 0.4) is 0 Å². The van der Waals surface area contributed by atoms with Crippen LogP contribution in [-0.2, 0) is 14.3 Å². The fourth-order valence-corrected chi connectivity index (χ4v) is 2.49. The molecular formula is C21H24N2O6. The van der Waals surface area contributed by atoms with Crippen LogP contribution in [0.1, 0.15) is 21.5 Å². The number of methoxy groups -OCH3 is 2.